The standard InChI is InChI=1S/C16H25N3O/c1-12-8-13(10-17-14-4-5-14)9-15(18-12)19-6-7-20-16(2,3)11-19/h8-9,14,17H,4-7,10-11H2,1-3H3. The van der Waals surface area contributed by atoms with E-state index < -0.39 is 0 Å². The molecule has 1 aromatic rings. The molecule has 0 aromatic carbocycles. The Bertz CT molecular complexity index is 483. The summed E-state index contributed by atoms with van der Waals surface area (Å²) >= 11 is 0. The smallest absolute Gasteiger partial charge is 0.129 e. The van der Waals surface area contributed by atoms with Gasteiger partial charge in [-0.05, 0) is 51.3 Å². The van der Waals surface area contributed by atoms with Crippen LogP contribution in [0.3, 0.4) is 0 Å². The highest BCUT2D eigenvalue weighted by Crippen LogP contribution is 2.24. The Kier molecular flexibility index (Phi) is 3.69. The van der Waals surface area contributed by atoms with Crippen molar-refractivity contribution in [3.05, 3.63) is 23.4 Å². The van der Waals surface area contributed by atoms with Crippen LogP contribution in [0.5, 0.6) is 0 Å². The number of rotatable bonds is 4. The second kappa shape index (κ2) is 5.34. The SMILES string of the molecule is Cc1cc(CNC2CC2)cc(N2CCOC(C)(C)C2)n1. The number of nitrogens with one attached hydrogen (secondary N) is 1. The molecule has 0 atom stereocenters. The Morgan fingerprint density at radius 1 is 1.40 bits per heavy atom. The van der Waals surface area contributed by atoms with Gasteiger partial charge in [0.25, 0.3) is 0 Å². The molecule has 4 nitrogen and oxygen atoms in total. The molecule has 0 unspecified atom stereocenters. The first kappa shape index (κ1) is 13.8. The molecule has 0 radical (unpaired) electrons. The maximum Gasteiger partial charge on any atom is 0.129 e. The van der Waals surface area contributed by atoms with E-state index in [4.69, 9.17) is 9.72 Å². The number of hydrogen-bond donors (Lipinski definition) is 1. The van der Waals surface area contributed by atoms with Crippen molar-refractivity contribution in [1.29, 1.82) is 0 Å². The van der Waals surface area contributed by atoms with Gasteiger partial charge in [0.1, 0.15) is 5.82 Å². The molecule has 1 aliphatic heterocycles. The maximum atomic E-state index is 5.78. The summed E-state index contributed by atoms with van der Waals surface area (Å²) < 4.78 is 5.78. The number of morpholine rings is 1. The van der Waals surface area contributed by atoms with Gasteiger partial charge >= 0.3 is 0 Å². The number of hydrogen-bond acceptors (Lipinski definition) is 4. The van der Waals surface area contributed by atoms with E-state index in [0.29, 0.717) is 0 Å². The summed E-state index contributed by atoms with van der Waals surface area (Å²) in [5.74, 6) is 1.09. The fourth-order valence-electron chi connectivity index (χ4n) is 2.75. The lowest BCUT2D eigenvalue weighted by molar-refractivity contribution is -0.0279. The van der Waals surface area contributed by atoms with Gasteiger partial charge in [0.15, 0.2) is 0 Å². The van der Waals surface area contributed by atoms with Crippen LogP contribution in [-0.4, -0.2) is 36.3 Å². The summed E-state index contributed by atoms with van der Waals surface area (Å²) in [5, 5.41) is 3.58. The van der Waals surface area contributed by atoms with Gasteiger partial charge in [0.2, 0.25) is 0 Å². The highest BCUT2D eigenvalue weighted by molar-refractivity contribution is 5.43. The average molecular weight is 275 g/mol. The van der Waals surface area contributed by atoms with Gasteiger partial charge in [-0.1, -0.05) is 0 Å². The van der Waals surface area contributed by atoms with E-state index in [1.807, 2.05) is 0 Å². The molecule has 2 heterocycles. The van der Waals surface area contributed by atoms with E-state index in [9.17, 15) is 0 Å². The molecule has 1 aromatic heterocycles. The van der Waals surface area contributed by atoms with Crippen molar-refractivity contribution in [1.82, 2.24) is 10.3 Å². The molecule has 0 amide bonds. The van der Waals surface area contributed by atoms with Crippen LogP contribution in [0, 0.1) is 6.92 Å². The Labute approximate surface area is 121 Å². The van der Waals surface area contributed by atoms with E-state index in [2.05, 4.69) is 43.1 Å². The fourth-order valence-corrected chi connectivity index (χ4v) is 2.75. The second-order valence-electron chi connectivity index (χ2n) is 6.66. The predicted octanol–water partition coefficient (Wildman–Crippen LogP) is 2.26. The first-order chi connectivity index (χ1) is 9.52. The monoisotopic (exact) mass is 275 g/mol. The zero-order valence-electron chi connectivity index (χ0n) is 12.8. The van der Waals surface area contributed by atoms with Crippen molar-refractivity contribution in [2.24, 2.45) is 0 Å². The van der Waals surface area contributed by atoms with Crippen molar-refractivity contribution in [2.45, 2.75) is 51.8 Å². The van der Waals surface area contributed by atoms with Crippen LogP contribution < -0.4 is 10.2 Å². The van der Waals surface area contributed by atoms with Crippen LogP contribution in [0.1, 0.15) is 37.9 Å². The predicted molar refractivity (Wildman–Crippen MR) is 81.1 cm³/mol. The minimum Gasteiger partial charge on any atom is -0.372 e. The van der Waals surface area contributed by atoms with Crippen molar-refractivity contribution >= 4 is 5.82 Å². The van der Waals surface area contributed by atoms with E-state index in [-0.39, 0.29) is 5.60 Å². The van der Waals surface area contributed by atoms with Crippen LogP contribution in [0.15, 0.2) is 12.1 Å². The van der Waals surface area contributed by atoms with Gasteiger partial charge in [0.05, 0.1) is 12.2 Å². The van der Waals surface area contributed by atoms with Crippen LogP contribution in [-0.2, 0) is 11.3 Å². The summed E-state index contributed by atoms with van der Waals surface area (Å²) in [5.41, 5.74) is 2.35. The third-order valence-electron chi connectivity index (χ3n) is 3.92. The number of pyridine rings is 1. The van der Waals surface area contributed by atoms with Crippen LogP contribution >= 0.6 is 0 Å². The number of nitrogens with zero attached hydrogens (tertiary/aromatic N) is 2. The summed E-state index contributed by atoms with van der Waals surface area (Å²) in [6.07, 6.45) is 2.66. The molecule has 0 bridgehead atoms. The summed E-state index contributed by atoms with van der Waals surface area (Å²) in [6.45, 7) is 9.92. The Morgan fingerprint density at radius 2 is 2.20 bits per heavy atom. The molecular weight excluding hydrogens is 250 g/mol. The van der Waals surface area contributed by atoms with Gasteiger partial charge in [-0.25, -0.2) is 4.98 Å². The number of aromatic nitrogens is 1. The van der Waals surface area contributed by atoms with Crippen molar-refractivity contribution < 1.29 is 4.74 Å². The Hall–Kier alpha value is -1.13. The molecule has 1 N–H and O–H groups in total. The Balaban J connectivity index is 1.74. The number of aryl methyl sites for hydroxylation is 1. The largest absolute Gasteiger partial charge is 0.372 e. The molecule has 4 heteroatoms. The average Bonchev–Trinajstić information content (AvgIpc) is 3.18. The van der Waals surface area contributed by atoms with Gasteiger partial charge in [-0.2, -0.15) is 0 Å². The lowest BCUT2D eigenvalue weighted by Gasteiger charge is -2.39. The van der Waals surface area contributed by atoms with Gasteiger partial charge in [0, 0.05) is 31.4 Å². The van der Waals surface area contributed by atoms with E-state index in [0.717, 1.165) is 43.8 Å². The quantitative estimate of drug-likeness (QED) is 0.914. The van der Waals surface area contributed by atoms with Gasteiger partial charge in [-0.3, -0.25) is 0 Å². The molecule has 2 aliphatic rings. The molecule has 1 saturated heterocycles. The summed E-state index contributed by atoms with van der Waals surface area (Å²) in [7, 11) is 0. The third kappa shape index (κ3) is 3.49. The molecule has 110 valence electrons. The first-order valence-corrected chi connectivity index (χ1v) is 7.62. The summed E-state index contributed by atoms with van der Waals surface area (Å²) in [6, 6.07) is 5.16. The van der Waals surface area contributed by atoms with E-state index >= 15 is 0 Å². The molecule has 0 spiro atoms. The van der Waals surface area contributed by atoms with Gasteiger partial charge < -0.3 is 15.0 Å². The van der Waals surface area contributed by atoms with Crippen LogP contribution in [0.25, 0.3) is 0 Å². The summed E-state index contributed by atoms with van der Waals surface area (Å²) in [4.78, 5) is 7.05. The lowest BCUT2D eigenvalue weighted by Crippen LogP contribution is -2.48. The van der Waals surface area contributed by atoms with Crippen LogP contribution in [0.2, 0.25) is 0 Å². The van der Waals surface area contributed by atoms with Crippen molar-refractivity contribution in [2.75, 3.05) is 24.6 Å². The zero-order valence-corrected chi connectivity index (χ0v) is 12.8. The molecular formula is C16H25N3O. The maximum absolute atomic E-state index is 5.78. The van der Waals surface area contributed by atoms with Crippen LogP contribution in [0.4, 0.5) is 5.82 Å². The third-order valence-corrected chi connectivity index (χ3v) is 3.92. The Morgan fingerprint density at radius 3 is 2.90 bits per heavy atom. The topological polar surface area (TPSA) is 37.4 Å². The molecule has 1 aliphatic carbocycles. The van der Waals surface area contributed by atoms with Crippen molar-refractivity contribution in [3.63, 3.8) is 0 Å². The fraction of sp³-hybridized carbons (Fsp3) is 0.688. The highest BCUT2D eigenvalue weighted by atomic mass is 16.5. The van der Waals surface area contributed by atoms with Crippen molar-refractivity contribution in [3.8, 4) is 0 Å². The first-order valence-electron chi connectivity index (χ1n) is 7.62. The van der Waals surface area contributed by atoms with E-state index in [1.54, 1.807) is 0 Å². The number of anilines is 1. The highest BCUT2D eigenvalue weighted by Gasteiger charge is 2.28. The van der Waals surface area contributed by atoms with Gasteiger partial charge in [-0.15, -0.1) is 0 Å². The number of ether oxygens (including phenoxy) is 1. The second-order valence-corrected chi connectivity index (χ2v) is 6.66. The minimum atomic E-state index is -0.0872. The molecule has 2 fully saturated rings. The molecule has 20 heavy (non-hydrogen) atoms. The van der Waals surface area contributed by atoms with E-state index in [1.165, 1.54) is 18.4 Å². The molecule has 3 rings (SSSR count). The zero-order chi connectivity index (χ0) is 14.2. The molecule has 1 saturated carbocycles. The lowest BCUT2D eigenvalue weighted by atomic mass is 10.1. The minimum absolute atomic E-state index is 0.0872. The normalized spacial score (nSPS) is 22.1.